The molecule has 0 radical (unpaired) electrons. The molecular formula is C19H25N4OS+. The Morgan fingerprint density at radius 3 is 2.84 bits per heavy atom. The maximum Gasteiger partial charge on any atom is 0.278 e. The van der Waals surface area contributed by atoms with Gasteiger partial charge in [0.05, 0.1) is 25.4 Å². The van der Waals surface area contributed by atoms with Crippen LogP contribution in [0.15, 0.2) is 34.2 Å². The van der Waals surface area contributed by atoms with E-state index in [1.807, 2.05) is 31.2 Å². The maximum absolute atomic E-state index is 12.9. The van der Waals surface area contributed by atoms with E-state index in [0.717, 1.165) is 33.9 Å². The van der Waals surface area contributed by atoms with Gasteiger partial charge < -0.3 is 9.88 Å². The minimum Gasteiger partial charge on any atom is -0.349 e. The largest absolute Gasteiger partial charge is 0.349 e. The Labute approximate surface area is 151 Å². The molecule has 4 rings (SSSR count). The third-order valence-electron chi connectivity index (χ3n) is 5.14. The number of quaternary nitrogens is 1. The quantitative estimate of drug-likeness (QED) is 0.543. The summed E-state index contributed by atoms with van der Waals surface area (Å²) in [6.07, 6.45) is 4.07. The van der Waals surface area contributed by atoms with Gasteiger partial charge in [-0.25, -0.2) is 4.98 Å². The number of para-hydroxylation sites is 1. The Bertz CT molecular complexity index is 940. The van der Waals surface area contributed by atoms with Crippen molar-refractivity contribution in [2.75, 3.05) is 25.4 Å². The van der Waals surface area contributed by atoms with E-state index in [1.54, 1.807) is 21.2 Å². The van der Waals surface area contributed by atoms with Crippen LogP contribution in [0.25, 0.3) is 21.9 Å². The topological polar surface area (TPSA) is 55.1 Å². The molecule has 0 spiro atoms. The van der Waals surface area contributed by atoms with E-state index in [-0.39, 0.29) is 5.56 Å². The van der Waals surface area contributed by atoms with Gasteiger partial charge in [0.1, 0.15) is 11.0 Å². The number of aromatic nitrogens is 3. The summed E-state index contributed by atoms with van der Waals surface area (Å²) in [4.78, 5) is 22.7. The van der Waals surface area contributed by atoms with Crippen molar-refractivity contribution in [3.8, 4) is 0 Å². The van der Waals surface area contributed by atoms with Gasteiger partial charge in [-0.1, -0.05) is 30.0 Å². The van der Waals surface area contributed by atoms with Crippen LogP contribution in [0.1, 0.15) is 26.2 Å². The zero-order valence-electron chi connectivity index (χ0n) is 14.7. The fourth-order valence-electron chi connectivity index (χ4n) is 3.75. The second-order valence-electron chi connectivity index (χ2n) is 6.75. The Morgan fingerprint density at radius 2 is 2.04 bits per heavy atom. The van der Waals surface area contributed by atoms with Gasteiger partial charge in [0.15, 0.2) is 5.16 Å². The highest BCUT2D eigenvalue weighted by atomic mass is 32.2. The lowest BCUT2D eigenvalue weighted by molar-refractivity contribution is -0.902. The van der Waals surface area contributed by atoms with Crippen molar-refractivity contribution < 1.29 is 4.90 Å². The Kier molecular flexibility index (Phi) is 4.81. The average Bonchev–Trinajstić information content (AvgIpc) is 3.02. The smallest absolute Gasteiger partial charge is 0.278 e. The molecule has 132 valence electrons. The standard InChI is InChI=1S/C19H24N4OS/c1-2-23-18(24)17-16(14-8-4-5-9-15(14)20-17)21-19(23)25-13-12-22-10-6-3-7-11-22/h4-5,8-9,20H,2-3,6-7,10-13H2,1H3/p+1. The minimum atomic E-state index is 0.0384. The molecule has 1 aliphatic heterocycles. The fourth-order valence-corrected chi connectivity index (χ4v) is 4.85. The molecule has 0 amide bonds. The van der Waals surface area contributed by atoms with Gasteiger partial charge in [-0.05, 0) is 32.3 Å². The first-order valence-electron chi connectivity index (χ1n) is 9.25. The Hall–Kier alpha value is -1.79. The number of thioether (sulfide) groups is 1. The predicted octanol–water partition coefficient (Wildman–Crippen LogP) is 2.06. The van der Waals surface area contributed by atoms with E-state index < -0.39 is 0 Å². The first-order valence-corrected chi connectivity index (χ1v) is 10.2. The van der Waals surface area contributed by atoms with Crippen LogP contribution in [-0.2, 0) is 6.54 Å². The van der Waals surface area contributed by atoms with Crippen LogP contribution in [0.4, 0.5) is 0 Å². The van der Waals surface area contributed by atoms with Gasteiger partial charge in [-0.2, -0.15) is 0 Å². The summed E-state index contributed by atoms with van der Waals surface area (Å²) in [5.41, 5.74) is 2.44. The zero-order chi connectivity index (χ0) is 17.2. The third-order valence-corrected chi connectivity index (χ3v) is 6.12. The molecule has 6 heteroatoms. The van der Waals surface area contributed by atoms with E-state index in [1.165, 1.54) is 32.4 Å². The third kappa shape index (κ3) is 3.20. The van der Waals surface area contributed by atoms with E-state index in [0.29, 0.717) is 12.1 Å². The molecule has 2 N–H and O–H groups in total. The highest BCUT2D eigenvalue weighted by molar-refractivity contribution is 7.99. The number of fused-ring (bicyclic) bond motifs is 3. The molecule has 1 aliphatic rings. The van der Waals surface area contributed by atoms with Crippen molar-refractivity contribution >= 4 is 33.7 Å². The summed E-state index contributed by atoms with van der Waals surface area (Å²) < 4.78 is 1.80. The molecule has 2 aromatic heterocycles. The zero-order valence-corrected chi connectivity index (χ0v) is 15.5. The monoisotopic (exact) mass is 357 g/mol. The molecule has 1 saturated heterocycles. The SMILES string of the molecule is CCn1c(SCC[NH+]2CCCCC2)nc2c([nH]c3ccccc32)c1=O. The van der Waals surface area contributed by atoms with Crippen molar-refractivity contribution in [2.45, 2.75) is 37.9 Å². The van der Waals surface area contributed by atoms with E-state index in [9.17, 15) is 4.79 Å². The van der Waals surface area contributed by atoms with Crippen molar-refractivity contribution in [3.05, 3.63) is 34.6 Å². The van der Waals surface area contributed by atoms with E-state index >= 15 is 0 Å². The van der Waals surface area contributed by atoms with Crippen molar-refractivity contribution in [1.82, 2.24) is 14.5 Å². The van der Waals surface area contributed by atoms with Crippen LogP contribution < -0.4 is 10.5 Å². The molecule has 0 aliphatic carbocycles. The Morgan fingerprint density at radius 1 is 1.24 bits per heavy atom. The van der Waals surface area contributed by atoms with Gasteiger partial charge in [0.2, 0.25) is 0 Å². The minimum absolute atomic E-state index is 0.0384. The van der Waals surface area contributed by atoms with Gasteiger partial charge in [-0.15, -0.1) is 0 Å². The average molecular weight is 358 g/mol. The lowest BCUT2D eigenvalue weighted by Crippen LogP contribution is -3.13. The molecule has 1 aromatic carbocycles. The van der Waals surface area contributed by atoms with Gasteiger partial charge in [0, 0.05) is 17.4 Å². The first-order chi connectivity index (χ1) is 12.3. The molecule has 25 heavy (non-hydrogen) atoms. The number of likely N-dealkylation sites (tertiary alicyclic amines) is 1. The van der Waals surface area contributed by atoms with Crippen LogP contribution in [0.5, 0.6) is 0 Å². The van der Waals surface area contributed by atoms with Crippen molar-refractivity contribution in [1.29, 1.82) is 0 Å². The van der Waals surface area contributed by atoms with Crippen molar-refractivity contribution in [3.63, 3.8) is 0 Å². The highest BCUT2D eigenvalue weighted by Gasteiger charge is 2.17. The summed E-state index contributed by atoms with van der Waals surface area (Å²) in [5, 5.41) is 1.88. The first kappa shape index (κ1) is 16.7. The van der Waals surface area contributed by atoms with Crippen LogP contribution in [0, 0.1) is 0 Å². The molecule has 1 fully saturated rings. The highest BCUT2D eigenvalue weighted by Crippen LogP contribution is 2.24. The van der Waals surface area contributed by atoms with Crippen LogP contribution in [0.2, 0.25) is 0 Å². The fraction of sp³-hybridized carbons (Fsp3) is 0.474. The molecule has 0 saturated carbocycles. The van der Waals surface area contributed by atoms with Crippen LogP contribution in [0.3, 0.4) is 0 Å². The number of H-pyrrole nitrogens is 1. The second-order valence-corrected chi connectivity index (χ2v) is 7.81. The number of hydrogen-bond acceptors (Lipinski definition) is 3. The van der Waals surface area contributed by atoms with Gasteiger partial charge in [-0.3, -0.25) is 9.36 Å². The number of aromatic amines is 1. The molecule has 0 unspecified atom stereocenters. The van der Waals surface area contributed by atoms with E-state index in [2.05, 4.69) is 4.98 Å². The summed E-state index contributed by atoms with van der Waals surface area (Å²) in [6, 6.07) is 8.00. The lowest BCUT2D eigenvalue weighted by Gasteiger charge is -2.23. The number of nitrogens with one attached hydrogen (secondary N) is 2. The maximum atomic E-state index is 12.9. The summed E-state index contributed by atoms with van der Waals surface area (Å²) in [5.74, 6) is 1.01. The molecule has 0 bridgehead atoms. The van der Waals surface area contributed by atoms with E-state index in [4.69, 9.17) is 4.98 Å². The van der Waals surface area contributed by atoms with Crippen LogP contribution >= 0.6 is 11.8 Å². The normalized spacial score (nSPS) is 16.0. The number of nitrogens with zero attached hydrogens (tertiary/aromatic N) is 2. The summed E-state index contributed by atoms with van der Waals surface area (Å²) in [7, 11) is 0. The number of rotatable bonds is 5. The number of hydrogen-bond donors (Lipinski definition) is 2. The Balaban J connectivity index is 1.64. The summed E-state index contributed by atoms with van der Waals surface area (Å²) >= 11 is 1.72. The predicted molar refractivity (Wildman–Crippen MR) is 104 cm³/mol. The summed E-state index contributed by atoms with van der Waals surface area (Å²) in [6.45, 7) is 6.38. The molecule has 0 atom stereocenters. The molecule has 5 nitrogen and oxygen atoms in total. The molecule has 3 aromatic rings. The lowest BCUT2D eigenvalue weighted by atomic mass is 10.1. The van der Waals surface area contributed by atoms with Gasteiger partial charge >= 0.3 is 0 Å². The van der Waals surface area contributed by atoms with Gasteiger partial charge in [0.25, 0.3) is 5.56 Å². The van der Waals surface area contributed by atoms with Crippen LogP contribution in [-0.4, -0.2) is 39.9 Å². The molecular weight excluding hydrogens is 332 g/mol. The number of piperidine rings is 1. The van der Waals surface area contributed by atoms with Crippen molar-refractivity contribution in [2.24, 2.45) is 0 Å². The molecule has 3 heterocycles. The number of benzene rings is 1. The second kappa shape index (κ2) is 7.22.